The maximum absolute atomic E-state index is 11.5. The van der Waals surface area contributed by atoms with Crippen molar-refractivity contribution in [2.45, 2.75) is 52.1 Å². The van der Waals surface area contributed by atoms with Crippen molar-refractivity contribution in [2.24, 2.45) is 0 Å². The molecular formula is C12H22N2O. The highest BCUT2D eigenvalue weighted by Crippen LogP contribution is 1.92. The number of carbonyl (C=O) groups is 1. The Labute approximate surface area is 93.0 Å². The average Bonchev–Trinajstić information content (AvgIpc) is 2.18. The van der Waals surface area contributed by atoms with Gasteiger partial charge in [0.25, 0.3) is 0 Å². The summed E-state index contributed by atoms with van der Waals surface area (Å²) in [6.07, 6.45) is 7.95. The number of terminal acetylenes is 1. The smallest absolute Gasteiger partial charge is 0.236 e. The molecule has 2 unspecified atom stereocenters. The molecule has 86 valence electrons. The molecule has 3 nitrogen and oxygen atoms in total. The van der Waals surface area contributed by atoms with Crippen LogP contribution < -0.4 is 10.6 Å². The van der Waals surface area contributed by atoms with E-state index in [2.05, 4.69) is 23.5 Å². The van der Waals surface area contributed by atoms with Gasteiger partial charge in [-0.05, 0) is 20.3 Å². The lowest BCUT2D eigenvalue weighted by atomic mass is 10.2. The molecule has 0 bridgehead atoms. The van der Waals surface area contributed by atoms with E-state index in [1.54, 1.807) is 0 Å². The predicted octanol–water partition coefficient (Wildman–Crippen LogP) is 1.29. The molecule has 0 rings (SSSR count). The topological polar surface area (TPSA) is 41.1 Å². The summed E-state index contributed by atoms with van der Waals surface area (Å²) in [4.78, 5) is 11.5. The van der Waals surface area contributed by atoms with Crippen molar-refractivity contribution in [3.63, 3.8) is 0 Å². The molecule has 0 aliphatic heterocycles. The molecule has 0 aromatic rings. The number of hydrogen-bond donors (Lipinski definition) is 2. The summed E-state index contributed by atoms with van der Waals surface area (Å²) >= 11 is 0. The molecule has 1 amide bonds. The third-order valence-corrected chi connectivity index (χ3v) is 2.18. The van der Waals surface area contributed by atoms with Crippen LogP contribution in [0.1, 0.15) is 40.0 Å². The molecule has 2 N–H and O–H groups in total. The largest absolute Gasteiger partial charge is 0.355 e. The van der Waals surface area contributed by atoms with Crippen molar-refractivity contribution in [1.29, 1.82) is 0 Å². The van der Waals surface area contributed by atoms with Crippen LogP contribution in [0.3, 0.4) is 0 Å². The summed E-state index contributed by atoms with van der Waals surface area (Å²) < 4.78 is 0. The Morgan fingerprint density at radius 1 is 1.47 bits per heavy atom. The van der Waals surface area contributed by atoms with Gasteiger partial charge >= 0.3 is 0 Å². The van der Waals surface area contributed by atoms with Crippen molar-refractivity contribution < 1.29 is 4.79 Å². The second kappa shape index (κ2) is 8.31. The van der Waals surface area contributed by atoms with Crippen LogP contribution >= 0.6 is 0 Å². The highest BCUT2D eigenvalue weighted by atomic mass is 16.2. The minimum absolute atomic E-state index is 0.0484. The summed E-state index contributed by atoms with van der Waals surface area (Å²) in [7, 11) is 0. The third-order valence-electron chi connectivity index (χ3n) is 2.18. The van der Waals surface area contributed by atoms with Crippen molar-refractivity contribution in [1.82, 2.24) is 10.6 Å². The zero-order chi connectivity index (χ0) is 11.7. The summed E-state index contributed by atoms with van der Waals surface area (Å²) in [5.74, 6) is 2.62. The Balaban J connectivity index is 3.74. The number of rotatable bonds is 7. The number of carbonyl (C=O) groups excluding carboxylic acids is 1. The van der Waals surface area contributed by atoms with Gasteiger partial charge in [-0.2, -0.15) is 0 Å². The number of nitrogens with one attached hydrogen (secondary N) is 2. The lowest BCUT2D eigenvalue weighted by Gasteiger charge is -2.17. The summed E-state index contributed by atoms with van der Waals surface area (Å²) in [5.41, 5.74) is 0. The molecule has 0 heterocycles. The fourth-order valence-electron chi connectivity index (χ4n) is 1.28. The van der Waals surface area contributed by atoms with Crippen LogP contribution in [0.4, 0.5) is 0 Å². The van der Waals surface area contributed by atoms with E-state index in [1.807, 2.05) is 13.8 Å². The lowest BCUT2D eigenvalue weighted by molar-refractivity contribution is -0.122. The zero-order valence-electron chi connectivity index (χ0n) is 9.97. The Kier molecular flexibility index (Phi) is 7.75. The van der Waals surface area contributed by atoms with Crippen LogP contribution in [-0.4, -0.2) is 24.5 Å². The number of hydrogen-bond acceptors (Lipinski definition) is 2. The van der Waals surface area contributed by atoms with Crippen LogP contribution in [0.25, 0.3) is 0 Å². The lowest BCUT2D eigenvalue weighted by Crippen LogP contribution is -2.45. The first-order chi connectivity index (χ1) is 7.11. The normalized spacial score (nSPS) is 14.0. The van der Waals surface area contributed by atoms with E-state index in [4.69, 9.17) is 6.42 Å². The van der Waals surface area contributed by atoms with E-state index in [0.717, 1.165) is 19.4 Å². The first-order valence-corrected chi connectivity index (χ1v) is 5.59. The number of unbranched alkanes of at least 4 members (excludes halogenated alkanes) is 1. The Morgan fingerprint density at radius 2 is 2.13 bits per heavy atom. The van der Waals surface area contributed by atoms with E-state index in [0.29, 0.717) is 6.42 Å². The summed E-state index contributed by atoms with van der Waals surface area (Å²) in [6.45, 7) is 6.69. The van der Waals surface area contributed by atoms with Crippen molar-refractivity contribution in [3.05, 3.63) is 0 Å². The van der Waals surface area contributed by atoms with E-state index in [1.165, 1.54) is 0 Å². The van der Waals surface area contributed by atoms with Gasteiger partial charge in [-0.15, -0.1) is 12.3 Å². The highest BCUT2D eigenvalue weighted by Gasteiger charge is 2.13. The molecule has 0 fully saturated rings. The standard InChI is InChI=1S/C12H22N2O/c1-5-7-9-13-12(15)11(4)14-10(3)8-6-2/h2,10-11,14H,5,7-9H2,1,3-4H3,(H,13,15). The molecular weight excluding hydrogens is 188 g/mol. The van der Waals surface area contributed by atoms with Crippen LogP contribution in [0.5, 0.6) is 0 Å². The van der Waals surface area contributed by atoms with Gasteiger partial charge in [0.05, 0.1) is 6.04 Å². The maximum atomic E-state index is 11.5. The van der Waals surface area contributed by atoms with Crippen molar-refractivity contribution in [3.8, 4) is 12.3 Å². The van der Waals surface area contributed by atoms with Crippen LogP contribution in [0.15, 0.2) is 0 Å². The summed E-state index contributed by atoms with van der Waals surface area (Å²) in [5, 5.41) is 6.03. The fourth-order valence-corrected chi connectivity index (χ4v) is 1.28. The minimum Gasteiger partial charge on any atom is -0.355 e. The third kappa shape index (κ3) is 6.98. The van der Waals surface area contributed by atoms with Gasteiger partial charge in [0.2, 0.25) is 5.91 Å². The fraction of sp³-hybridized carbons (Fsp3) is 0.750. The summed E-state index contributed by atoms with van der Waals surface area (Å²) in [6, 6.07) is 0.00660. The molecule has 0 radical (unpaired) electrons. The van der Waals surface area contributed by atoms with Crippen molar-refractivity contribution >= 4 is 5.91 Å². The van der Waals surface area contributed by atoms with Gasteiger partial charge in [-0.1, -0.05) is 13.3 Å². The monoisotopic (exact) mass is 210 g/mol. The molecule has 0 aromatic heterocycles. The van der Waals surface area contributed by atoms with Crippen molar-refractivity contribution in [2.75, 3.05) is 6.54 Å². The van der Waals surface area contributed by atoms with E-state index >= 15 is 0 Å². The Bertz CT molecular complexity index is 220. The molecule has 15 heavy (non-hydrogen) atoms. The number of amides is 1. The van der Waals surface area contributed by atoms with Gasteiger partial charge in [0.1, 0.15) is 0 Å². The van der Waals surface area contributed by atoms with Crippen LogP contribution in [0.2, 0.25) is 0 Å². The van der Waals surface area contributed by atoms with E-state index in [-0.39, 0.29) is 18.0 Å². The van der Waals surface area contributed by atoms with E-state index < -0.39 is 0 Å². The molecule has 3 heteroatoms. The Hall–Kier alpha value is -1.01. The second-order valence-electron chi connectivity index (χ2n) is 3.84. The molecule has 0 saturated heterocycles. The molecule has 2 atom stereocenters. The van der Waals surface area contributed by atoms with E-state index in [9.17, 15) is 4.79 Å². The molecule has 0 aliphatic rings. The van der Waals surface area contributed by atoms with Gasteiger partial charge in [-0.3, -0.25) is 4.79 Å². The molecule has 0 aliphatic carbocycles. The van der Waals surface area contributed by atoms with Gasteiger partial charge in [0, 0.05) is 19.0 Å². The zero-order valence-corrected chi connectivity index (χ0v) is 9.97. The highest BCUT2D eigenvalue weighted by molar-refractivity contribution is 5.81. The van der Waals surface area contributed by atoms with Gasteiger partial charge in [0.15, 0.2) is 0 Å². The second-order valence-corrected chi connectivity index (χ2v) is 3.84. The Morgan fingerprint density at radius 3 is 2.67 bits per heavy atom. The van der Waals surface area contributed by atoms with Gasteiger partial charge < -0.3 is 10.6 Å². The van der Waals surface area contributed by atoms with Crippen LogP contribution in [0, 0.1) is 12.3 Å². The first kappa shape index (κ1) is 14.0. The van der Waals surface area contributed by atoms with Gasteiger partial charge in [-0.25, -0.2) is 0 Å². The maximum Gasteiger partial charge on any atom is 0.236 e. The quantitative estimate of drug-likeness (QED) is 0.491. The average molecular weight is 210 g/mol. The predicted molar refractivity (Wildman–Crippen MR) is 63.4 cm³/mol. The molecule has 0 aromatic carbocycles. The molecule has 0 spiro atoms. The first-order valence-electron chi connectivity index (χ1n) is 5.59. The SMILES string of the molecule is C#CCC(C)NC(C)C(=O)NCCCC. The molecule has 0 saturated carbocycles. The minimum atomic E-state index is -0.176. The van der Waals surface area contributed by atoms with Crippen LogP contribution in [-0.2, 0) is 4.79 Å².